The fourth-order valence-corrected chi connectivity index (χ4v) is 3.63. The number of anilines is 1. The molecule has 0 bridgehead atoms. The summed E-state index contributed by atoms with van der Waals surface area (Å²) in [4.78, 5) is 10.6. The average molecular weight is 333 g/mol. The Bertz CT molecular complexity index is 982. The van der Waals surface area contributed by atoms with E-state index in [-0.39, 0.29) is 5.75 Å². The summed E-state index contributed by atoms with van der Waals surface area (Å²) in [5.74, 6) is 1.08. The van der Waals surface area contributed by atoms with Crippen molar-refractivity contribution in [3.63, 3.8) is 0 Å². The van der Waals surface area contributed by atoms with Crippen molar-refractivity contribution in [3.8, 4) is 16.2 Å². The predicted octanol–water partition coefficient (Wildman–Crippen LogP) is 4.68. The number of fused-ring (bicyclic) bond motifs is 1. The number of thiophene rings is 1. The van der Waals surface area contributed by atoms with Crippen molar-refractivity contribution in [1.29, 1.82) is 0 Å². The van der Waals surface area contributed by atoms with Crippen LogP contribution in [0.15, 0.2) is 67.0 Å². The molecule has 4 rings (SSSR count). The van der Waals surface area contributed by atoms with E-state index in [1.807, 2.05) is 42.5 Å². The molecular weight excluding hydrogens is 318 g/mol. The van der Waals surface area contributed by atoms with Gasteiger partial charge in [-0.2, -0.15) is 0 Å². The highest BCUT2D eigenvalue weighted by Crippen LogP contribution is 2.38. The van der Waals surface area contributed by atoms with Crippen molar-refractivity contribution in [2.75, 3.05) is 5.32 Å². The van der Waals surface area contributed by atoms with Gasteiger partial charge in [0.25, 0.3) is 0 Å². The van der Waals surface area contributed by atoms with E-state index in [4.69, 9.17) is 0 Å². The van der Waals surface area contributed by atoms with Crippen LogP contribution in [0.1, 0.15) is 5.56 Å². The van der Waals surface area contributed by atoms with Gasteiger partial charge in [-0.3, -0.25) is 0 Å². The first-order valence-corrected chi connectivity index (χ1v) is 8.43. The summed E-state index contributed by atoms with van der Waals surface area (Å²) in [5.41, 5.74) is 2.01. The number of phenols is 1. The number of benzene rings is 2. The standard InChI is InChI=1S/C19H15N3OS/c23-16-9-5-4-8-14(16)17-10-15-18(21-12-22-19(15)24-17)20-11-13-6-2-1-3-7-13/h1-10,12,23H,11H2,(H,20,21,22). The summed E-state index contributed by atoms with van der Waals surface area (Å²) in [5, 5.41) is 14.4. The van der Waals surface area contributed by atoms with Crippen LogP contribution in [0.25, 0.3) is 20.7 Å². The maximum Gasteiger partial charge on any atom is 0.138 e. The smallest absolute Gasteiger partial charge is 0.138 e. The second-order valence-corrected chi connectivity index (χ2v) is 6.44. The number of hydrogen-bond donors (Lipinski definition) is 2. The van der Waals surface area contributed by atoms with E-state index in [9.17, 15) is 5.11 Å². The normalized spacial score (nSPS) is 10.8. The van der Waals surface area contributed by atoms with E-state index < -0.39 is 0 Å². The predicted molar refractivity (Wildman–Crippen MR) is 98.3 cm³/mol. The molecule has 2 N–H and O–H groups in total. The van der Waals surface area contributed by atoms with Crippen LogP contribution in [-0.2, 0) is 6.54 Å². The number of rotatable bonds is 4. The number of para-hydroxylation sites is 1. The van der Waals surface area contributed by atoms with Gasteiger partial charge in [0, 0.05) is 17.0 Å². The highest BCUT2D eigenvalue weighted by Gasteiger charge is 2.12. The van der Waals surface area contributed by atoms with E-state index >= 15 is 0 Å². The Morgan fingerprint density at radius 3 is 2.58 bits per heavy atom. The summed E-state index contributed by atoms with van der Waals surface area (Å²) in [6, 6.07) is 19.6. The first-order chi connectivity index (χ1) is 11.8. The van der Waals surface area contributed by atoms with Crippen molar-refractivity contribution in [3.05, 3.63) is 72.6 Å². The number of nitrogens with zero attached hydrogens (tertiary/aromatic N) is 2. The zero-order valence-corrected chi connectivity index (χ0v) is 13.6. The van der Waals surface area contributed by atoms with Crippen LogP contribution in [0.4, 0.5) is 5.82 Å². The lowest BCUT2D eigenvalue weighted by Gasteiger charge is -2.06. The number of aromatic hydroxyl groups is 1. The first-order valence-electron chi connectivity index (χ1n) is 7.62. The van der Waals surface area contributed by atoms with Gasteiger partial charge < -0.3 is 10.4 Å². The third-order valence-electron chi connectivity index (χ3n) is 3.80. The molecule has 0 radical (unpaired) electrons. The van der Waals surface area contributed by atoms with Crippen LogP contribution in [0.3, 0.4) is 0 Å². The average Bonchev–Trinajstić information content (AvgIpc) is 3.06. The summed E-state index contributed by atoms with van der Waals surface area (Å²) in [7, 11) is 0. The van der Waals surface area contributed by atoms with E-state index in [1.54, 1.807) is 23.7 Å². The molecule has 2 heterocycles. The third kappa shape index (κ3) is 2.81. The maximum atomic E-state index is 10.1. The molecule has 4 nitrogen and oxygen atoms in total. The molecule has 0 fully saturated rings. The quantitative estimate of drug-likeness (QED) is 0.569. The Hall–Kier alpha value is -2.92. The lowest BCUT2D eigenvalue weighted by molar-refractivity contribution is 0.477. The van der Waals surface area contributed by atoms with Gasteiger partial charge in [0.2, 0.25) is 0 Å². The van der Waals surface area contributed by atoms with Crippen molar-refractivity contribution >= 4 is 27.4 Å². The highest BCUT2D eigenvalue weighted by atomic mass is 32.1. The molecule has 0 amide bonds. The molecule has 0 spiro atoms. The number of hydrogen-bond acceptors (Lipinski definition) is 5. The Morgan fingerprint density at radius 1 is 0.958 bits per heavy atom. The molecule has 0 atom stereocenters. The van der Waals surface area contributed by atoms with E-state index in [2.05, 4.69) is 27.4 Å². The zero-order valence-electron chi connectivity index (χ0n) is 12.8. The number of aromatic nitrogens is 2. The molecule has 0 saturated carbocycles. The minimum atomic E-state index is 0.274. The van der Waals surface area contributed by atoms with Gasteiger partial charge >= 0.3 is 0 Å². The summed E-state index contributed by atoms with van der Waals surface area (Å²) in [6.45, 7) is 0.703. The lowest BCUT2D eigenvalue weighted by Crippen LogP contribution is -2.01. The molecule has 0 aliphatic heterocycles. The lowest BCUT2D eigenvalue weighted by atomic mass is 10.1. The molecule has 2 aromatic heterocycles. The largest absolute Gasteiger partial charge is 0.507 e. The molecule has 24 heavy (non-hydrogen) atoms. The van der Waals surface area contributed by atoms with Crippen LogP contribution in [0, 0.1) is 0 Å². The van der Waals surface area contributed by atoms with E-state index in [1.165, 1.54) is 5.56 Å². The molecule has 5 heteroatoms. The molecule has 4 aromatic rings. The van der Waals surface area contributed by atoms with Gasteiger partial charge in [0.05, 0.1) is 5.39 Å². The topological polar surface area (TPSA) is 58.0 Å². The molecule has 2 aromatic carbocycles. The second-order valence-electron chi connectivity index (χ2n) is 5.41. The van der Waals surface area contributed by atoms with Crippen LogP contribution in [0.2, 0.25) is 0 Å². The molecular formula is C19H15N3OS. The monoisotopic (exact) mass is 333 g/mol. The minimum Gasteiger partial charge on any atom is -0.507 e. The molecule has 0 unspecified atom stereocenters. The fourth-order valence-electron chi connectivity index (χ4n) is 2.59. The Morgan fingerprint density at radius 2 is 1.75 bits per heavy atom. The van der Waals surface area contributed by atoms with Crippen molar-refractivity contribution in [2.45, 2.75) is 6.54 Å². The van der Waals surface area contributed by atoms with Crippen LogP contribution in [0.5, 0.6) is 5.75 Å². The van der Waals surface area contributed by atoms with Gasteiger partial charge in [-0.25, -0.2) is 9.97 Å². The minimum absolute atomic E-state index is 0.274. The first kappa shape index (κ1) is 14.7. The maximum absolute atomic E-state index is 10.1. The Balaban J connectivity index is 1.69. The molecule has 0 saturated heterocycles. The van der Waals surface area contributed by atoms with Crippen LogP contribution >= 0.6 is 11.3 Å². The SMILES string of the molecule is Oc1ccccc1-c1cc2c(NCc3ccccc3)ncnc2s1. The van der Waals surface area contributed by atoms with Gasteiger partial charge in [0.15, 0.2) is 0 Å². The van der Waals surface area contributed by atoms with Crippen molar-refractivity contribution in [2.24, 2.45) is 0 Å². The number of phenolic OH excluding ortho intramolecular Hbond substituents is 1. The van der Waals surface area contributed by atoms with Gasteiger partial charge in [0.1, 0.15) is 22.7 Å². The Kier molecular flexibility index (Phi) is 3.84. The third-order valence-corrected chi connectivity index (χ3v) is 4.88. The van der Waals surface area contributed by atoms with Gasteiger partial charge in [-0.1, -0.05) is 42.5 Å². The second kappa shape index (κ2) is 6.29. The van der Waals surface area contributed by atoms with Crippen molar-refractivity contribution < 1.29 is 5.11 Å². The fraction of sp³-hybridized carbons (Fsp3) is 0.0526. The summed E-state index contributed by atoms with van der Waals surface area (Å²) in [6.07, 6.45) is 1.57. The summed E-state index contributed by atoms with van der Waals surface area (Å²) < 4.78 is 0. The van der Waals surface area contributed by atoms with Crippen LogP contribution < -0.4 is 5.32 Å². The highest BCUT2D eigenvalue weighted by molar-refractivity contribution is 7.22. The van der Waals surface area contributed by atoms with E-state index in [0.29, 0.717) is 6.54 Å². The molecule has 0 aliphatic rings. The Labute approximate surface area is 143 Å². The zero-order chi connectivity index (χ0) is 16.4. The number of nitrogens with one attached hydrogen (secondary N) is 1. The van der Waals surface area contributed by atoms with E-state index in [0.717, 1.165) is 26.5 Å². The molecule has 0 aliphatic carbocycles. The summed E-state index contributed by atoms with van der Waals surface area (Å²) >= 11 is 1.55. The van der Waals surface area contributed by atoms with Crippen LogP contribution in [-0.4, -0.2) is 15.1 Å². The van der Waals surface area contributed by atoms with Gasteiger partial charge in [-0.05, 0) is 23.8 Å². The molecule has 118 valence electrons. The van der Waals surface area contributed by atoms with Gasteiger partial charge in [-0.15, -0.1) is 11.3 Å². The van der Waals surface area contributed by atoms with Crippen molar-refractivity contribution in [1.82, 2.24) is 9.97 Å².